The molecule has 0 spiro atoms. The summed E-state index contributed by atoms with van der Waals surface area (Å²) >= 11 is 0. The third kappa shape index (κ3) is 0.604. The van der Waals surface area contributed by atoms with Crippen LogP contribution >= 0.6 is 0 Å². The van der Waals surface area contributed by atoms with E-state index in [4.69, 9.17) is 4.74 Å². The van der Waals surface area contributed by atoms with Gasteiger partial charge in [0.1, 0.15) is 11.7 Å². The van der Waals surface area contributed by atoms with Crippen LogP contribution in [0.4, 0.5) is 0 Å². The topological polar surface area (TPSA) is 29.5 Å². The van der Waals surface area contributed by atoms with Gasteiger partial charge in [-0.15, -0.1) is 6.58 Å². The molecule has 0 radical (unpaired) electrons. The fraction of sp³-hybridized carbons (Fsp3) is 0.500. The van der Waals surface area contributed by atoms with Gasteiger partial charge >= 0.3 is 0 Å². The van der Waals surface area contributed by atoms with Crippen molar-refractivity contribution in [3.05, 3.63) is 24.8 Å². The van der Waals surface area contributed by atoms with Crippen molar-refractivity contribution in [1.29, 1.82) is 0 Å². The zero-order chi connectivity index (χ0) is 7.19. The summed E-state index contributed by atoms with van der Waals surface area (Å²) in [6, 6.07) is 0. The number of hydrogen-bond acceptors (Lipinski definition) is 2. The van der Waals surface area contributed by atoms with E-state index < -0.39 is 5.60 Å². The molecule has 0 unspecified atom stereocenters. The quantitative estimate of drug-likeness (QED) is 0.538. The lowest BCUT2D eigenvalue weighted by molar-refractivity contribution is 0.0244. The Kier molecular flexibility index (Phi) is 1.05. The van der Waals surface area contributed by atoms with E-state index in [0.29, 0.717) is 6.42 Å². The fourth-order valence-corrected chi connectivity index (χ4v) is 1.54. The van der Waals surface area contributed by atoms with Crippen molar-refractivity contribution >= 4 is 0 Å². The molecule has 10 heavy (non-hydrogen) atoms. The summed E-state index contributed by atoms with van der Waals surface area (Å²) in [5.74, 6) is 0. The summed E-state index contributed by atoms with van der Waals surface area (Å²) in [7, 11) is 0. The van der Waals surface area contributed by atoms with Gasteiger partial charge in [0.05, 0.1) is 6.10 Å². The van der Waals surface area contributed by atoms with Crippen molar-refractivity contribution in [2.24, 2.45) is 0 Å². The zero-order valence-corrected chi connectivity index (χ0v) is 5.66. The van der Waals surface area contributed by atoms with Gasteiger partial charge in [-0.2, -0.15) is 0 Å². The number of hydrogen-bond donors (Lipinski definition) is 1. The van der Waals surface area contributed by atoms with Crippen LogP contribution in [0.15, 0.2) is 24.8 Å². The third-order valence-corrected chi connectivity index (χ3v) is 2.20. The van der Waals surface area contributed by atoms with Gasteiger partial charge in [-0.25, -0.2) is 0 Å². The van der Waals surface area contributed by atoms with Crippen molar-refractivity contribution in [3.8, 4) is 0 Å². The van der Waals surface area contributed by atoms with Crippen molar-refractivity contribution in [3.63, 3.8) is 0 Å². The van der Waals surface area contributed by atoms with Crippen molar-refractivity contribution in [1.82, 2.24) is 0 Å². The maximum Gasteiger partial charge on any atom is 0.115 e. The molecule has 0 aromatic carbocycles. The zero-order valence-electron chi connectivity index (χ0n) is 5.66. The first-order valence-electron chi connectivity index (χ1n) is 3.44. The summed E-state index contributed by atoms with van der Waals surface area (Å²) in [6.45, 7) is 3.57. The Labute approximate surface area is 59.8 Å². The second-order valence-corrected chi connectivity index (χ2v) is 2.88. The molecule has 0 aromatic heterocycles. The molecule has 3 atom stereocenters. The molecule has 1 N–H and O–H groups in total. The summed E-state index contributed by atoms with van der Waals surface area (Å²) in [4.78, 5) is 0. The monoisotopic (exact) mass is 138 g/mol. The van der Waals surface area contributed by atoms with Gasteiger partial charge in [-0.05, 0) is 0 Å². The molecular weight excluding hydrogens is 128 g/mol. The van der Waals surface area contributed by atoms with Gasteiger partial charge in [-0.1, -0.05) is 18.2 Å². The largest absolute Gasteiger partial charge is 0.383 e. The maximum absolute atomic E-state index is 9.70. The third-order valence-electron chi connectivity index (χ3n) is 2.20. The predicted octanol–water partition coefficient (Wildman–Crippen LogP) is 0.631. The molecule has 54 valence electrons. The van der Waals surface area contributed by atoms with E-state index in [1.807, 2.05) is 12.2 Å². The molecule has 2 aliphatic rings. The lowest BCUT2D eigenvalue weighted by Gasteiger charge is -2.22. The summed E-state index contributed by atoms with van der Waals surface area (Å²) in [6.07, 6.45) is 6.10. The van der Waals surface area contributed by atoms with Crippen LogP contribution in [-0.2, 0) is 4.74 Å². The van der Waals surface area contributed by atoms with Crippen molar-refractivity contribution in [2.45, 2.75) is 24.2 Å². The minimum Gasteiger partial charge on any atom is -0.383 e. The molecule has 2 aliphatic heterocycles. The van der Waals surface area contributed by atoms with E-state index in [2.05, 4.69) is 6.58 Å². The van der Waals surface area contributed by atoms with Crippen LogP contribution in [0, 0.1) is 0 Å². The molecule has 0 aliphatic carbocycles. The molecule has 2 bridgehead atoms. The number of fused-ring (bicyclic) bond motifs is 2. The highest BCUT2D eigenvalue weighted by molar-refractivity contribution is 5.22. The second kappa shape index (κ2) is 1.71. The lowest BCUT2D eigenvalue weighted by atomic mass is 9.90. The summed E-state index contributed by atoms with van der Waals surface area (Å²) in [5.41, 5.74) is -0.792. The maximum atomic E-state index is 9.70. The Morgan fingerprint density at radius 3 is 2.80 bits per heavy atom. The number of ether oxygens (including phenoxy) is 1. The van der Waals surface area contributed by atoms with Crippen LogP contribution in [0.5, 0.6) is 0 Å². The molecule has 0 amide bonds. The van der Waals surface area contributed by atoms with Gasteiger partial charge < -0.3 is 9.84 Å². The van der Waals surface area contributed by atoms with Crippen LogP contribution in [0.2, 0.25) is 0 Å². The number of rotatable bonds is 1. The Morgan fingerprint density at radius 2 is 2.50 bits per heavy atom. The Morgan fingerprint density at radius 1 is 1.70 bits per heavy atom. The van der Waals surface area contributed by atoms with E-state index >= 15 is 0 Å². The van der Waals surface area contributed by atoms with Crippen LogP contribution in [0.25, 0.3) is 0 Å². The second-order valence-electron chi connectivity index (χ2n) is 2.88. The highest BCUT2D eigenvalue weighted by atomic mass is 16.5. The van der Waals surface area contributed by atoms with E-state index in [9.17, 15) is 5.11 Å². The normalized spacial score (nSPS) is 50.1. The van der Waals surface area contributed by atoms with Gasteiger partial charge in [0.2, 0.25) is 0 Å². The molecule has 0 aromatic rings. The molecule has 0 saturated carbocycles. The molecule has 2 rings (SSSR count). The average molecular weight is 138 g/mol. The van der Waals surface area contributed by atoms with Gasteiger partial charge in [-0.3, -0.25) is 0 Å². The van der Waals surface area contributed by atoms with E-state index in [-0.39, 0.29) is 12.2 Å². The van der Waals surface area contributed by atoms with Gasteiger partial charge in [0.15, 0.2) is 0 Å². The highest BCUT2D eigenvalue weighted by Gasteiger charge is 2.46. The van der Waals surface area contributed by atoms with E-state index in [0.717, 1.165) is 0 Å². The molecule has 2 heteroatoms. The van der Waals surface area contributed by atoms with Crippen LogP contribution < -0.4 is 0 Å². The van der Waals surface area contributed by atoms with Crippen molar-refractivity contribution < 1.29 is 9.84 Å². The van der Waals surface area contributed by atoms with E-state index in [1.165, 1.54) is 0 Å². The minimum absolute atomic E-state index is 0.119. The van der Waals surface area contributed by atoms with Gasteiger partial charge in [0.25, 0.3) is 0 Å². The first kappa shape index (κ1) is 6.13. The Hall–Kier alpha value is -0.600. The fourth-order valence-electron chi connectivity index (χ4n) is 1.54. The first-order chi connectivity index (χ1) is 4.74. The smallest absolute Gasteiger partial charge is 0.115 e. The van der Waals surface area contributed by atoms with E-state index in [1.54, 1.807) is 6.08 Å². The van der Waals surface area contributed by atoms with Crippen LogP contribution in [0.3, 0.4) is 0 Å². The van der Waals surface area contributed by atoms with Gasteiger partial charge in [0, 0.05) is 6.42 Å². The lowest BCUT2D eigenvalue weighted by Crippen LogP contribution is -2.34. The Balaban J connectivity index is 2.30. The molecular formula is C8H10O2. The molecule has 1 saturated heterocycles. The predicted molar refractivity (Wildman–Crippen MR) is 37.6 cm³/mol. The average Bonchev–Trinajstić information content (AvgIpc) is 2.46. The van der Waals surface area contributed by atoms with Crippen LogP contribution in [0.1, 0.15) is 6.42 Å². The van der Waals surface area contributed by atoms with Crippen LogP contribution in [-0.4, -0.2) is 22.9 Å². The standard InChI is InChI=1S/C8H10O2/c1-2-8(9)5-6-3-4-7(8)10-6/h2-4,6-7,9H,1,5H2/t6-,7-,8+/m1/s1. The Bertz CT molecular complexity index is 197. The number of aliphatic hydroxyl groups is 1. The SMILES string of the molecule is C=C[C@]1(O)C[C@H]2C=C[C@H]1O2. The molecule has 2 heterocycles. The summed E-state index contributed by atoms with van der Waals surface area (Å²) in [5, 5.41) is 9.70. The van der Waals surface area contributed by atoms with Crippen molar-refractivity contribution in [2.75, 3.05) is 0 Å². The highest BCUT2D eigenvalue weighted by Crippen LogP contribution is 2.37. The molecule has 2 nitrogen and oxygen atoms in total. The summed E-state index contributed by atoms with van der Waals surface area (Å²) < 4.78 is 5.35. The first-order valence-corrected chi connectivity index (χ1v) is 3.44. The minimum atomic E-state index is -0.792. The molecule has 1 fully saturated rings.